The van der Waals surface area contributed by atoms with Gasteiger partial charge in [0, 0.05) is 6.42 Å². The summed E-state index contributed by atoms with van der Waals surface area (Å²) in [6.07, 6.45) is 2.04. The maximum absolute atomic E-state index is 5.98. The molecule has 0 aliphatic carbocycles. The predicted molar refractivity (Wildman–Crippen MR) is 81.2 cm³/mol. The van der Waals surface area contributed by atoms with Crippen LogP contribution in [0, 0.1) is 0 Å². The van der Waals surface area contributed by atoms with Crippen LogP contribution in [-0.4, -0.2) is 15.1 Å². The molecule has 0 spiro atoms. The maximum atomic E-state index is 5.98. The Bertz CT molecular complexity index is 771. The fourth-order valence-electron chi connectivity index (χ4n) is 1.79. The molecule has 0 saturated carbocycles. The fraction of sp³-hybridized carbons (Fsp3) is 0.0714. The first kappa shape index (κ1) is 13.9. The maximum Gasteiger partial charge on any atom is 0.276 e. The van der Waals surface area contributed by atoms with Crippen molar-refractivity contribution >= 4 is 28.9 Å². The Hall–Kier alpha value is -2.11. The molecule has 3 rings (SSSR count). The number of pyridine rings is 1. The number of nitrogens with zero attached hydrogens (tertiary/aromatic N) is 3. The average Bonchev–Trinajstić information content (AvgIpc) is 2.92. The quantitative estimate of drug-likeness (QED) is 0.797. The van der Waals surface area contributed by atoms with Gasteiger partial charge in [-0.15, -0.1) is 0 Å². The van der Waals surface area contributed by atoms with Gasteiger partial charge in [0.25, 0.3) is 5.89 Å². The minimum absolute atomic E-state index is 0.352. The van der Waals surface area contributed by atoms with Crippen LogP contribution in [0.2, 0.25) is 10.0 Å². The lowest BCUT2D eigenvalue weighted by Gasteiger charge is -1.99. The molecule has 2 heterocycles. The van der Waals surface area contributed by atoms with Crippen molar-refractivity contribution in [3.8, 4) is 11.6 Å². The molecule has 7 heteroatoms. The van der Waals surface area contributed by atoms with E-state index in [2.05, 4.69) is 15.1 Å². The molecule has 2 N–H and O–H groups in total. The topological polar surface area (TPSA) is 77.8 Å². The molecule has 0 radical (unpaired) electrons. The van der Waals surface area contributed by atoms with Crippen LogP contribution < -0.4 is 5.73 Å². The first-order valence-corrected chi connectivity index (χ1v) is 6.86. The minimum Gasteiger partial charge on any atom is -0.397 e. The van der Waals surface area contributed by atoms with Gasteiger partial charge in [-0.05, 0) is 29.8 Å². The number of anilines is 1. The van der Waals surface area contributed by atoms with Gasteiger partial charge in [-0.3, -0.25) is 0 Å². The number of aromatic nitrogens is 3. The first-order valence-electron chi connectivity index (χ1n) is 6.10. The van der Waals surface area contributed by atoms with E-state index in [4.69, 9.17) is 33.5 Å². The first-order chi connectivity index (χ1) is 10.1. The van der Waals surface area contributed by atoms with E-state index in [0.29, 0.717) is 39.6 Å². The third kappa shape index (κ3) is 3.15. The van der Waals surface area contributed by atoms with Gasteiger partial charge in [0.05, 0.1) is 21.9 Å². The lowest BCUT2D eigenvalue weighted by atomic mass is 10.1. The van der Waals surface area contributed by atoms with E-state index in [0.717, 1.165) is 5.56 Å². The van der Waals surface area contributed by atoms with Crippen LogP contribution in [-0.2, 0) is 6.42 Å². The highest BCUT2D eigenvalue weighted by Gasteiger charge is 2.11. The summed E-state index contributed by atoms with van der Waals surface area (Å²) in [4.78, 5) is 8.44. The monoisotopic (exact) mass is 320 g/mol. The van der Waals surface area contributed by atoms with Crippen molar-refractivity contribution in [2.45, 2.75) is 6.42 Å². The Morgan fingerprint density at radius 3 is 2.67 bits per heavy atom. The van der Waals surface area contributed by atoms with Crippen molar-refractivity contribution in [1.29, 1.82) is 0 Å². The van der Waals surface area contributed by atoms with Crippen LogP contribution in [0.3, 0.4) is 0 Å². The molecule has 0 aliphatic heterocycles. The third-order valence-corrected chi connectivity index (χ3v) is 3.56. The minimum atomic E-state index is 0.352. The van der Waals surface area contributed by atoms with Crippen LogP contribution in [0.4, 0.5) is 5.69 Å². The van der Waals surface area contributed by atoms with Gasteiger partial charge in [-0.2, -0.15) is 4.98 Å². The Labute approximate surface area is 130 Å². The van der Waals surface area contributed by atoms with Gasteiger partial charge in [-0.25, -0.2) is 4.98 Å². The van der Waals surface area contributed by atoms with Gasteiger partial charge in [0.1, 0.15) is 5.69 Å². The summed E-state index contributed by atoms with van der Waals surface area (Å²) < 4.78 is 5.19. The largest absolute Gasteiger partial charge is 0.397 e. The summed E-state index contributed by atoms with van der Waals surface area (Å²) in [5, 5.41) is 4.94. The molecule has 0 amide bonds. The molecule has 2 aromatic heterocycles. The highest BCUT2D eigenvalue weighted by atomic mass is 35.5. The van der Waals surface area contributed by atoms with Crippen molar-refractivity contribution in [1.82, 2.24) is 15.1 Å². The van der Waals surface area contributed by atoms with Crippen molar-refractivity contribution in [3.05, 3.63) is 58.0 Å². The van der Waals surface area contributed by atoms with E-state index in [-0.39, 0.29) is 0 Å². The molecule has 0 saturated heterocycles. The molecule has 21 heavy (non-hydrogen) atoms. The zero-order chi connectivity index (χ0) is 14.8. The standard InChI is InChI=1S/C14H10Cl2N4O/c15-10-3-1-8(5-11(10)16)6-13-19-14(21-20-13)12-4-2-9(17)7-18-12/h1-5,7H,6,17H2. The molecular formula is C14H10Cl2N4O. The Morgan fingerprint density at radius 1 is 1.10 bits per heavy atom. The molecule has 3 aromatic rings. The molecule has 1 aromatic carbocycles. The second kappa shape index (κ2) is 5.71. The molecule has 5 nitrogen and oxygen atoms in total. The normalized spacial score (nSPS) is 10.8. The SMILES string of the molecule is Nc1ccc(-c2nc(Cc3ccc(Cl)c(Cl)c3)no2)nc1. The van der Waals surface area contributed by atoms with Crippen LogP contribution in [0.15, 0.2) is 41.1 Å². The van der Waals surface area contributed by atoms with Gasteiger partial charge in [-0.1, -0.05) is 34.4 Å². The van der Waals surface area contributed by atoms with Crippen molar-refractivity contribution in [2.75, 3.05) is 5.73 Å². The molecule has 0 fully saturated rings. The highest BCUT2D eigenvalue weighted by Crippen LogP contribution is 2.24. The number of nitrogens with two attached hydrogens (primary N) is 1. The summed E-state index contributed by atoms with van der Waals surface area (Å²) in [6, 6.07) is 8.84. The van der Waals surface area contributed by atoms with Crippen LogP contribution in [0.25, 0.3) is 11.6 Å². The summed E-state index contributed by atoms with van der Waals surface area (Å²) in [6.45, 7) is 0. The van der Waals surface area contributed by atoms with Crippen molar-refractivity contribution in [3.63, 3.8) is 0 Å². The summed E-state index contributed by atoms with van der Waals surface area (Å²) in [5.74, 6) is 0.895. The van der Waals surface area contributed by atoms with Crippen LogP contribution in [0.5, 0.6) is 0 Å². The summed E-state index contributed by atoms with van der Waals surface area (Å²) in [7, 11) is 0. The van der Waals surface area contributed by atoms with Crippen molar-refractivity contribution < 1.29 is 4.52 Å². The molecule has 106 valence electrons. The molecule has 0 aliphatic rings. The average molecular weight is 321 g/mol. The molecule has 0 atom stereocenters. The van der Waals surface area contributed by atoms with Gasteiger partial charge >= 0.3 is 0 Å². The summed E-state index contributed by atoms with van der Waals surface area (Å²) >= 11 is 11.9. The predicted octanol–water partition coefficient (Wildman–Crippen LogP) is 3.61. The lowest BCUT2D eigenvalue weighted by Crippen LogP contribution is -1.92. The second-order valence-electron chi connectivity index (χ2n) is 4.42. The highest BCUT2D eigenvalue weighted by molar-refractivity contribution is 6.42. The summed E-state index contributed by atoms with van der Waals surface area (Å²) in [5.41, 5.74) is 7.69. The Balaban J connectivity index is 1.81. The van der Waals surface area contributed by atoms with Crippen LogP contribution >= 0.6 is 23.2 Å². The van der Waals surface area contributed by atoms with E-state index in [1.54, 1.807) is 24.3 Å². The van der Waals surface area contributed by atoms with Crippen molar-refractivity contribution in [2.24, 2.45) is 0 Å². The molecular weight excluding hydrogens is 311 g/mol. The van der Waals surface area contributed by atoms with Crippen LogP contribution in [0.1, 0.15) is 11.4 Å². The number of nitrogen functional groups attached to an aromatic ring is 1. The Morgan fingerprint density at radius 2 is 1.95 bits per heavy atom. The third-order valence-electron chi connectivity index (χ3n) is 2.82. The molecule has 0 unspecified atom stereocenters. The zero-order valence-electron chi connectivity index (χ0n) is 10.8. The lowest BCUT2D eigenvalue weighted by molar-refractivity contribution is 0.422. The van der Waals surface area contributed by atoms with E-state index >= 15 is 0 Å². The number of hydrogen-bond acceptors (Lipinski definition) is 5. The molecule has 0 bridgehead atoms. The van der Waals surface area contributed by atoms with Gasteiger partial charge in [0.15, 0.2) is 5.82 Å². The van der Waals surface area contributed by atoms with Gasteiger partial charge < -0.3 is 10.3 Å². The van der Waals surface area contributed by atoms with E-state index < -0.39 is 0 Å². The zero-order valence-corrected chi connectivity index (χ0v) is 12.3. The fourth-order valence-corrected chi connectivity index (χ4v) is 2.11. The number of hydrogen-bond donors (Lipinski definition) is 1. The second-order valence-corrected chi connectivity index (χ2v) is 5.23. The Kier molecular flexibility index (Phi) is 3.77. The van der Waals surface area contributed by atoms with E-state index in [1.165, 1.54) is 6.20 Å². The van der Waals surface area contributed by atoms with E-state index in [1.807, 2.05) is 6.07 Å². The number of rotatable bonds is 3. The van der Waals surface area contributed by atoms with Gasteiger partial charge in [0.2, 0.25) is 0 Å². The number of benzene rings is 1. The smallest absolute Gasteiger partial charge is 0.276 e. The number of halogens is 2. The van der Waals surface area contributed by atoms with E-state index in [9.17, 15) is 0 Å².